The van der Waals surface area contributed by atoms with Crippen molar-refractivity contribution in [3.8, 4) is 0 Å². The monoisotopic (exact) mass is 347 g/mol. The van der Waals surface area contributed by atoms with Gasteiger partial charge in [0.2, 0.25) is 0 Å². The van der Waals surface area contributed by atoms with Crippen LogP contribution in [0.2, 0.25) is 0 Å². The Hall–Kier alpha value is -2.08. The predicted octanol–water partition coefficient (Wildman–Crippen LogP) is 2.45. The number of urea groups is 1. The van der Waals surface area contributed by atoms with Crippen LogP contribution in [-0.2, 0) is 11.3 Å². The van der Waals surface area contributed by atoms with E-state index in [2.05, 4.69) is 27.7 Å². The van der Waals surface area contributed by atoms with Gasteiger partial charge in [-0.05, 0) is 30.7 Å². The van der Waals surface area contributed by atoms with Crippen molar-refractivity contribution in [2.45, 2.75) is 51.7 Å². The predicted molar refractivity (Wildman–Crippen MR) is 97.3 cm³/mol. The minimum absolute atomic E-state index is 0.0977. The van der Waals surface area contributed by atoms with Crippen molar-refractivity contribution in [3.05, 3.63) is 35.9 Å². The van der Waals surface area contributed by atoms with E-state index >= 15 is 0 Å². The molecule has 1 aliphatic heterocycles. The van der Waals surface area contributed by atoms with Gasteiger partial charge in [-0.1, -0.05) is 44.2 Å². The first-order chi connectivity index (χ1) is 11.9. The molecule has 0 radical (unpaired) electrons. The Labute approximate surface area is 149 Å². The van der Waals surface area contributed by atoms with E-state index in [9.17, 15) is 14.7 Å². The molecule has 2 amide bonds. The Kier molecular flexibility index (Phi) is 7.25. The fraction of sp³-hybridized carbons (Fsp3) is 0.579. The number of hydrogen-bond donors (Lipinski definition) is 3. The number of carbonyl (C=O) groups excluding carboxylic acids is 1. The number of benzene rings is 1. The number of aliphatic carboxylic acids is 1. The van der Waals surface area contributed by atoms with E-state index in [1.54, 1.807) is 0 Å². The van der Waals surface area contributed by atoms with E-state index in [1.165, 1.54) is 5.56 Å². The second kappa shape index (κ2) is 9.42. The maximum absolute atomic E-state index is 12.1. The van der Waals surface area contributed by atoms with Gasteiger partial charge < -0.3 is 15.7 Å². The van der Waals surface area contributed by atoms with E-state index in [-0.39, 0.29) is 18.0 Å². The zero-order valence-corrected chi connectivity index (χ0v) is 15.1. The van der Waals surface area contributed by atoms with Crippen molar-refractivity contribution < 1.29 is 14.7 Å². The second-order valence-electron chi connectivity index (χ2n) is 7.17. The lowest BCUT2D eigenvalue weighted by Crippen LogP contribution is -2.51. The third kappa shape index (κ3) is 6.74. The molecule has 1 saturated heterocycles. The SMILES string of the molecule is CC(C)CC(NC(=O)NC1CCN(Cc2ccccc2)CC1)C(=O)O. The number of likely N-dealkylation sites (tertiary alicyclic amines) is 1. The van der Waals surface area contributed by atoms with Crippen LogP contribution in [-0.4, -0.2) is 47.2 Å². The molecule has 2 rings (SSSR count). The fourth-order valence-corrected chi connectivity index (χ4v) is 3.16. The van der Waals surface area contributed by atoms with Gasteiger partial charge >= 0.3 is 12.0 Å². The number of carbonyl (C=O) groups is 2. The smallest absolute Gasteiger partial charge is 0.326 e. The van der Waals surface area contributed by atoms with Crippen molar-refractivity contribution in [2.75, 3.05) is 13.1 Å². The molecule has 1 aliphatic rings. The van der Waals surface area contributed by atoms with E-state index < -0.39 is 12.0 Å². The quantitative estimate of drug-likeness (QED) is 0.708. The van der Waals surface area contributed by atoms with Gasteiger partial charge in [-0.2, -0.15) is 0 Å². The third-order valence-corrected chi connectivity index (χ3v) is 4.48. The Morgan fingerprint density at radius 3 is 2.40 bits per heavy atom. The molecular formula is C19H29N3O3. The standard InChI is InChI=1S/C19H29N3O3/c1-14(2)12-17(18(23)24)21-19(25)20-16-8-10-22(11-9-16)13-15-6-4-3-5-7-15/h3-7,14,16-17H,8-13H2,1-2H3,(H,23,24)(H2,20,21,25). The first kappa shape index (κ1) is 19.2. The largest absolute Gasteiger partial charge is 0.480 e. The van der Waals surface area contributed by atoms with Gasteiger partial charge in [0.1, 0.15) is 6.04 Å². The average Bonchev–Trinajstić information content (AvgIpc) is 2.56. The molecule has 25 heavy (non-hydrogen) atoms. The van der Waals surface area contributed by atoms with Crippen molar-refractivity contribution in [1.82, 2.24) is 15.5 Å². The van der Waals surface area contributed by atoms with Gasteiger partial charge in [-0.3, -0.25) is 4.90 Å². The summed E-state index contributed by atoms with van der Waals surface area (Å²) in [5.74, 6) is -0.774. The van der Waals surface area contributed by atoms with Crippen LogP contribution >= 0.6 is 0 Å². The fourth-order valence-electron chi connectivity index (χ4n) is 3.16. The zero-order valence-electron chi connectivity index (χ0n) is 15.1. The normalized spacial score (nSPS) is 17.2. The molecule has 1 heterocycles. The number of hydrogen-bond acceptors (Lipinski definition) is 3. The molecule has 6 heteroatoms. The molecule has 0 saturated carbocycles. The maximum atomic E-state index is 12.1. The third-order valence-electron chi connectivity index (χ3n) is 4.48. The Balaban J connectivity index is 1.73. The van der Waals surface area contributed by atoms with E-state index in [1.807, 2.05) is 32.0 Å². The van der Waals surface area contributed by atoms with E-state index in [0.29, 0.717) is 6.42 Å². The van der Waals surface area contributed by atoms with Crippen LogP contribution in [0.3, 0.4) is 0 Å². The van der Waals surface area contributed by atoms with Crippen LogP contribution in [0.15, 0.2) is 30.3 Å². The van der Waals surface area contributed by atoms with E-state index in [4.69, 9.17) is 0 Å². The molecule has 0 aliphatic carbocycles. The minimum atomic E-state index is -0.985. The molecule has 1 unspecified atom stereocenters. The molecule has 0 aromatic heterocycles. The van der Waals surface area contributed by atoms with Crippen molar-refractivity contribution >= 4 is 12.0 Å². The Morgan fingerprint density at radius 1 is 1.20 bits per heavy atom. The molecule has 3 N–H and O–H groups in total. The van der Waals surface area contributed by atoms with Crippen LogP contribution in [0, 0.1) is 5.92 Å². The van der Waals surface area contributed by atoms with Crippen LogP contribution in [0.4, 0.5) is 4.79 Å². The Morgan fingerprint density at radius 2 is 1.84 bits per heavy atom. The first-order valence-corrected chi connectivity index (χ1v) is 9.00. The lowest BCUT2D eigenvalue weighted by atomic mass is 10.0. The number of nitrogens with zero attached hydrogens (tertiary/aromatic N) is 1. The summed E-state index contributed by atoms with van der Waals surface area (Å²) in [6.45, 7) is 6.66. The molecule has 1 fully saturated rings. The summed E-state index contributed by atoms with van der Waals surface area (Å²) in [4.78, 5) is 25.7. The van der Waals surface area contributed by atoms with Gasteiger partial charge in [0.05, 0.1) is 0 Å². The summed E-state index contributed by atoms with van der Waals surface area (Å²) < 4.78 is 0. The lowest BCUT2D eigenvalue weighted by Gasteiger charge is -2.32. The lowest BCUT2D eigenvalue weighted by molar-refractivity contribution is -0.139. The summed E-state index contributed by atoms with van der Waals surface area (Å²) >= 11 is 0. The number of piperidine rings is 1. The van der Waals surface area contributed by atoms with Crippen molar-refractivity contribution in [2.24, 2.45) is 5.92 Å². The molecule has 138 valence electrons. The molecular weight excluding hydrogens is 318 g/mol. The van der Waals surface area contributed by atoms with Crippen LogP contribution in [0.1, 0.15) is 38.7 Å². The van der Waals surface area contributed by atoms with Gasteiger partial charge in [0.15, 0.2) is 0 Å². The highest BCUT2D eigenvalue weighted by Gasteiger charge is 2.24. The van der Waals surface area contributed by atoms with E-state index in [0.717, 1.165) is 32.5 Å². The molecule has 6 nitrogen and oxygen atoms in total. The molecule has 1 atom stereocenters. The first-order valence-electron chi connectivity index (χ1n) is 9.00. The summed E-state index contributed by atoms with van der Waals surface area (Å²) in [7, 11) is 0. The number of rotatable bonds is 7. The molecule has 1 aromatic rings. The average molecular weight is 347 g/mol. The van der Waals surface area contributed by atoms with Gasteiger partial charge in [0.25, 0.3) is 0 Å². The zero-order chi connectivity index (χ0) is 18.2. The van der Waals surface area contributed by atoms with Crippen LogP contribution in [0.5, 0.6) is 0 Å². The maximum Gasteiger partial charge on any atom is 0.326 e. The van der Waals surface area contributed by atoms with Crippen molar-refractivity contribution in [3.63, 3.8) is 0 Å². The van der Waals surface area contributed by atoms with Gasteiger partial charge in [-0.25, -0.2) is 9.59 Å². The highest BCUT2D eigenvalue weighted by molar-refractivity contribution is 5.82. The number of carboxylic acid groups (broad SMARTS) is 1. The molecule has 1 aromatic carbocycles. The van der Waals surface area contributed by atoms with Gasteiger partial charge in [0, 0.05) is 25.7 Å². The minimum Gasteiger partial charge on any atom is -0.480 e. The van der Waals surface area contributed by atoms with Gasteiger partial charge in [-0.15, -0.1) is 0 Å². The number of amides is 2. The highest BCUT2D eigenvalue weighted by Crippen LogP contribution is 2.14. The summed E-state index contributed by atoms with van der Waals surface area (Å²) in [6, 6.07) is 9.24. The molecule has 0 spiro atoms. The summed E-state index contributed by atoms with van der Waals surface area (Å²) in [5, 5.41) is 14.7. The number of nitrogens with one attached hydrogen (secondary N) is 2. The number of carboxylic acids is 1. The Bertz CT molecular complexity index is 554. The summed E-state index contributed by atoms with van der Waals surface area (Å²) in [6.07, 6.45) is 2.18. The topological polar surface area (TPSA) is 81.7 Å². The molecule has 0 bridgehead atoms. The summed E-state index contributed by atoms with van der Waals surface area (Å²) in [5.41, 5.74) is 1.30. The van der Waals surface area contributed by atoms with Crippen molar-refractivity contribution in [1.29, 1.82) is 0 Å². The highest BCUT2D eigenvalue weighted by atomic mass is 16.4. The van der Waals surface area contributed by atoms with Crippen LogP contribution in [0.25, 0.3) is 0 Å². The second-order valence-corrected chi connectivity index (χ2v) is 7.17. The van der Waals surface area contributed by atoms with Crippen LogP contribution < -0.4 is 10.6 Å².